The van der Waals surface area contributed by atoms with Crippen molar-refractivity contribution < 1.29 is 9.13 Å². The Morgan fingerprint density at radius 2 is 2.46 bits per heavy atom. The molecule has 2 aliphatic heterocycles. The maximum absolute atomic E-state index is 12.4. The summed E-state index contributed by atoms with van der Waals surface area (Å²) >= 11 is 1.63. The van der Waals surface area contributed by atoms with E-state index in [9.17, 15) is 4.39 Å². The van der Waals surface area contributed by atoms with E-state index in [1.165, 1.54) is 0 Å². The number of rotatable bonds is 1. The van der Waals surface area contributed by atoms with E-state index in [0.29, 0.717) is 5.92 Å². The van der Waals surface area contributed by atoms with Gasteiger partial charge in [0, 0.05) is 0 Å². The lowest BCUT2D eigenvalue weighted by molar-refractivity contribution is -0.0442. The Labute approximate surface area is 81.9 Å². The number of ether oxygens (including phenoxy) is 1. The van der Waals surface area contributed by atoms with Crippen LogP contribution < -0.4 is 0 Å². The summed E-state index contributed by atoms with van der Waals surface area (Å²) in [7, 11) is 0. The molecule has 74 valence electrons. The zero-order valence-corrected chi connectivity index (χ0v) is 8.68. The highest BCUT2D eigenvalue weighted by molar-refractivity contribution is 8.14. The van der Waals surface area contributed by atoms with Crippen LogP contribution in [0.1, 0.15) is 20.3 Å². The summed E-state index contributed by atoms with van der Waals surface area (Å²) in [4.78, 5) is 4.49. The van der Waals surface area contributed by atoms with Crippen molar-refractivity contribution in [2.45, 2.75) is 37.9 Å². The third-order valence-electron chi connectivity index (χ3n) is 2.61. The third kappa shape index (κ3) is 1.74. The SMILES string of the molecule is CC1=N[C@H]2[C@H](O[C@H](CF)C[C@@H]2C)S1. The van der Waals surface area contributed by atoms with Crippen molar-refractivity contribution in [2.75, 3.05) is 6.67 Å². The molecule has 0 spiro atoms. The summed E-state index contributed by atoms with van der Waals surface area (Å²) in [5.41, 5.74) is 0.0736. The van der Waals surface area contributed by atoms with E-state index in [4.69, 9.17) is 4.74 Å². The standard InChI is InChI=1S/C9H14FNOS/c1-5-3-7(4-10)12-9-8(5)11-6(2)13-9/h5,7-9H,3-4H2,1-2H3/t5-,7-,8+,9+/m0/s1. The Bertz CT molecular complexity index is 234. The van der Waals surface area contributed by atoms with Gasteiger partial charge in [-0.05, 0) is 19.3 Å². The molecule has 1 fully saturated rings. The molecule has 1 saturated heterocycles. The topological polar surface area (TPSA) is 21.6 Å². The predicted molar refractivity (Wildman–Crippen MR) is 52.9 cm³/mol. The van der Waals surface area contributed by atoms with Crippen molar-refractivity contribution in [3.63, 3.8) is 0 Å². The van der Waals surface area contributed by atoms with Gasteiger partial charge in [0.15, 0.2) is 0 Å². The van der Waals surface area contributed by atoms with Gasteiger partial charge < -0.3 is 4.74 Å². The Morgan fingerprint density at radius 3 is 3.15 bits per heavy atom. The average molecular weight is 203 g/mol. The second-order valence-corrected chi connectivity index (χ2v) is 5.04. The van der Waals surface area contributed by atoms with E-state index >= 15 is 0 Å². The molecule has 0 amide bonds. The monoisotopic (exact) mass is 203 g/mol. The number of hydrogen-bond acceptors (Lipinski definition) is 3. The van der Waals surface area contributed by atoms with E-state index in [-0.39, 0.29) is 24.3 Å². The molecule has 4 heteroatoms. The molecule has 13 heavy (non-hydrogen) atoms. The van der Waals surface area contributed by atoms with Gasteiger partial charge in [-0.25, -0.2) is 4.39 Å². The van der Waals surface area contributed by atoms with Crippen LogP contribution in [0.3, 0.4) is 0 Å². The predicted octanol–water partition coefficient (Wildman–Crippen LogP) is 2.24. The molecule has 0 unspecified atom stereocenters. The van der Waals surface area contributed by atoms with Gasteiger partial charge in [-0.2, -0.15) is 0 Å². The van der Waals surface area contributed by atoms with Crippen LogP contribution in [0.5, 0.6) is 0 Å². The number of thioether (sulfide) groups is 1. The van der Waals surface area contributed by atoms with Crippen molar-refractivity contribution >= 4 is 16.8 Å². The van der Waals surface area contributed by atoms with E-state index in [1.807, 2.05) is 6.92 Å². The first-order valence-electron chi connectivity index (χ1n) is 4.63. The van der Waals surface area contributed by atoms with E-state index in [0.717, 1.165) is 11.5 Å². The van der Waals surface area contributed by atoms with Crippen LogP contribution in [0.4, 0.5) is 4.39 Å². The van der Waals surface area contributed by atoms with Crippen LogP contribution in [0.15, 0.2) is 4.99 Å². The van der Waals surface area contributed by atoms with E-state index in [2.05, 4.69) is 11.9 Å². The molecule has 0 saturated carbocycles. The van der Waals surface area contributed by atoms with Crippen molar-refractivity contribution in [1.29, 1.82) is 0 Å². The molecule has 0 aromatic rings. The summed E-state index contributed by atoms with van der Waals surface area (Å²) in [5, 5.41) is 1.07. The molecule has 2 heterocycles. The largest absolute Gasteiger partial charge is 0.359 e. The zero-order chi connectivity index (χ0) is 9.42. The Hall–Kier alpha value is -0.0900. The lowest BCUT2D eigenvalue weighted by Gasteiger charge is -2.33. The molecular weight excluding hydrogens is 189 g/mol. The molecule has 0 bridgehead atoms. The molecule has 0 aliphatic carbocycles. The molecule has 0 aromatic heterocycles. The van der Waals surface area contributed by atoms with Gasteiger partial charge >= 0.3 is 0 Å². The van der Waals surface area contributed by atoms with Crippen LogP contribution in [-0.4, -0.2) is 29.3 Å². The highest BCUT2D eigenvalue weighted by Gasteiger charge is 2.40. The quantitative estimate of drug-likeness (QED) is 0.652. The number of fused-ring (bicyclic) bond motifs is 1. The lowest BCUT2D eigenvalue weighted by atomic mass is 9.93. The van der Waals surface area contributed by atoms with Gasteiger partial charge in [0.05, 0.1) is 17.2 Å². The number of hydrogen-bond donors (Lipinski definition) is 0. The number of aliphatic imine (C=N–C) groups is 1. The van der Waals surface area contributed by atoms with Crippen LogP contribution in [0, 0.1) is 5.92 Å². The molecular formula is C9H14FNOS. The first kappa shape index (κ1) is 9.46. The maximum Gasteiger partial charge on any atom is 0.131 e. The Balaban J connectivity index is 2.06. The first-order chi connectivity index (χ1) is 6.20. The van der Waals surface area contributed by atoms with Gasteiger partial charge in [-0.3, -0.25) is 4.99 Å². The molecule has 0 radical (unpaired) electrons. The Morgan fingerprint density at radius 1 is 1.69 bits per heavy atom. The molecule has 4 atom stereocenters. The van der Waals surface area contributed by atoms with Crippen LogP contribution >= 0.6 is 11.8 Å². The van der Waals surface area contributed by atoms with Crippen molar-refractivity contribution in [2.24, 2.45) is 10.9 Å². The summed E-state index contributed by atoms with van der Waals surface area (Å²) in [5.74, 6) is 0.449. The molecule has 2 aliphatic rings. The summed E-state index contributed by atoms with van der Waals surface area (Å²) in [6.07, 6.45) is 0.597. The molecule has 0 aromatic carbocycles. The fraction of sp³-hybridized carbons (Fsp3) is 0.889. The lowest BCUT2D eigenvalue weighted by Crippen LogP contribution is -2.40. The van der Waals surface area contributed by atoms with Crippen molar-refractivity contribution in [3.05, 3.63) is 0 Å². The minimum absolute atomic E-state index is 0.0736. The Kier molecular flexibility index (Phi) is 2.60. The minimum Gasteiger partial charge on any atom is -0.359 e. The van der Waals surface area contributed by atoms with E-state index in [1.54, 1.807) is 11.8 Å². The zero-order valence-electron chi connectivity index (χ0n) is 7.87. The highest BCUT2D eigenvalue weighted by atomic mass is 32.2. The maximum atomic E-state index is 12.4. The van der Waals surface area contributed by atoms with Crippen molar-refractivity contribution in [3.8, 4) is 0 Å². The fourth-order valence-corrected chi connectivity index (χ4v) is 3.14. The number of halogens is 1. The second kappa shape index (κ2) is 3.58. The average Bonchev–Trinajstić information content (AvgIpc) is 2.46. The van der Waals surface area contributed by atoms with Crippen molar-refractivity contribution in [1.82, 2.24) is 0 Å². The smallest absolute Gasteiger partial charge is 0.131 e. The van der Waals surface area contributed by atoms with Crippen LogP contribution in [0.25, 0.3) is 0 Å². The molecule has 2 nitrogen and oxygen atoms in total. The van der Waals surface area contributed by atoms with Gasteiger partial charge in [0.25, 0.3) is 0 Å². The fourth-order valence-electron chi connectivity index (χ4n) is 1.94. The van der Waals surface area contributed by atoms with Gasteiger partial charge in [0.1, 0.15) is 12.1 Å². The number of nitrogens with zero attached hydrogens (tertiary/aromatic N) is 1. The summed E-state index contributed by atoms with van der Waals surface area (Å²) < 4.78 is 18.0. The molecule has 0 N–H and O–H groups in total. The first-order valence-corrected chi connectivity index (χ1v) is 5.51. The third-order valence-corrected chi connectivity index (χ3v) is 3.68. The van der Waals surface area contributed by atoms with E-state index < -0.39 is 0 Å². The van der Waals surface area contributed by atoms with Gasteiger partial charge in [0.2, 0.25) is 0 Å². The van der Waals surface area contributed by atoms with Gasteiger partial charge in [-0.1, -0.05) is 18.7 Å². The minimum atomic E-state index is -0.368. The number of alkyl halides is 1. The summed E-state index contributed by atoms with van der Waals surface area (Å²) in [6, 6.07) is 0.257. The normalized spacial score (nSPS) is 44.4. The van der Waals surface area contributed by atoms with Crippen LogP contribution in [0.2, 0.25) is 0 Å². The molecule has 2 rings (SSSR count). The highest BCUT2D eigenvalue weighted by Crippen LogP contribution is 2.38. The van der Waals surface area contributed by atoms with Crippen LogP contribution in [-0.2, 0) is 4.74 Å². The summed E-state index contributed by atoms with van der Waals surface area (Å²) in [6.45, 7) is 3.75. The van der Waals surface area contributed by atoms with Gasteiger partial charge in [-0.15, -0.1) is 0 Å². The second-order valence-electron chi connectivity index (χ2n) is 3.75.